The van der Waals surface area contributed by atoms with Crippen LogP contribution < -0.4 is 0 Å². The van der Waals surface area contributed by atoms with Crippen LogP contribution in [0.5, 0.6) is 0 Å². The first-order valence-corrected chi connectivity index (χ1v) is 34.1. The standard InChI is InChI=1S/C75H128O5/c1-3-5-7-9-11-13-15-17-19-21-23-25-27-29-31-32-33-34-35-36-37-38-39-40-41-42-44-46-48-50-52-54-56-58-60-62-64-66-68-70-75(78)80-73(71-76)72-79-74(77)69-67-65-63-61-59-57-55-53-51-49-47-45-43-30-28-26-24-22-20-18-16-14-12-10-8-6-4-2/h5,7,11,13,17,19,23,25,29,31,33-34,36-37,39-40,42,44,48,50,73,76H,3-4,6,8-10,12,14-16,18,20-22,24,26-28,30,32,35,38,41,43,45-47,49,51-72H2,1-2H3/b7-5-,13-11-,19-17-,25-23-,31-29-,34-33-,37-36-,40-39-,44-42-,50-48-. The van der Waals surface area contributed by atoms with Crippen molar-refractivity contribution in [2.24, 2.45) is 0 Å². The number of aliphatic hydroxyl groups excluding tert-OH is 1. The van der Waals surface area contributed by atoms with E-state index >= 15 is 0 Å². The van der Waals surface area contributed by atoms with Gasteiger partial charge < -0.3 is 14.6 Å². The van der Waals surface area contributed by atoms with Gasteiger partial charge in [0.25, 0.3) is 0 Å². The number of allylic oxidation sites excluding steroid dienone is 20. The summed E-state index contributed by atoms with van der Waals surface area (Å²) in [5, 5.41) is 9.69. The first-order valence-electron chi connectivity index (χ1n) is 34.1. The van der Waals surface area contributed by atoms with Crippen LogP contribution in [0, 0.1) is 0 Å². The molecular formula is C75H128O5. The maximum atomic E-state index is 12.4. The highest BCUT2D eigenvalue weighted by atomic mass is 16.6. The molecule has 0 aromatic heterocycles. The van der Waals surface area contributed by atoms with E-state index in [9.17, 15) is 14.7 Å². The fraction of sp³-hybridized carbons (Fsp3) is 0.707. The van der Waals surface area contributed by atoms with Crippen molar-refractivity contribution in [3.8, 4) is 0 Å². The summed E-state index contributed by atoms with van der Waals surface area (Å²) in [5.41, 5.74) is 0. The summed E-state index contributed by atoms with van der Waals surface area (Å²) in [4.78, 5) is 24.6. The van der Waals surface area contributed by atoms with Gasteiger partial charge >= 0.3 is 11.9 Å². The Hall–Kier alpha value is -3.70. The van der Waals surface area contributed by atoms with Crippen molar-refractivity contribution in [1.82, 2.24) is 0 Å². The van der Waals surface area contributed by atoms with E-state index in [-0.39, 0.29) is 25.2 Å². The Morgan fingerprint density at radius 1 is 0.300 bits per heavy atom. The molecule has 1 atom stereocenters. The van der Waals surface area contributed by atoms with Crippen molar-refractivity contribution in [2.45, 2.75) is 328 Å². The zero-order valence-electron chi connectivity index (χ0n) is 52.6. The van der Waals surface area contributed by atoms with E-state index in [1.807, 2.05) is 0 Å². The molecule has 0 saturated heterocycles. The van der Waals surface area contributed by atoms with Gasteiger partial charge in [-0.15, -0.1) is 0 Å². The molecule has 0 spiro atoms. The van der Waals surface area contributed by atoms with Gasteiger partial charge in [0.2, 0.25) is 0 Å². The average molecular weight is 1110 g/mol. The first-order chi connectivity index (χ1) is 39.6. The van der Waals surface area contributed by atoms with Gasteiger partial charge in [0, 0.05) is 12.8 Å². The normalized spacial score (nSPS) is 13.0. The minimum absolute atomic E-state index is 0.0714. The lowest BCUT2D eigenvalue weighted by Crippen LogP contribution is -2.28. The van der Waals surface area contributed by atoms with Crippen LogP contribution in [0.15, 0.2) is 122 Å². The molecule has 0 bridgehead atoms. The Bertz CT molecular complexity index is 1590. The van der Waals surface area contributed by atoms with E-state index in [1.165, 1.54) is 186 Å². The van der Waals surface area contributed by atoms with Crippen LogP contribution in [-0.4, -0.2) is 36.4 Å². The van der Waals surface area contributed by atoms with Gasteiger partial charge in [-0.2, -0.15) is 0 Å². The molecule has 5 nitrogen and oxygen atoms in total. The molecule has 0 aromatic rings. The molecule has 0 radical (unpaired) electrons. The molecule has 0 aromatic carbocycles. The Kier molecular flexibility index (Phi) is 66.4. The molecule has 0 heterocycles. The van der Waals surface area contributed by atoms with Crippen molar-refractivity contribution in [3.05, 3.63) is 122 Å². The molecule has 1 N–H and O–H groups in total. The van der Waals surface area contributed by atoms with Crippen molar-refractivity contribution >= 4 is 11.9 Å². The number of hydrogen-bond donors (Lipinski definition) is 1. The first kappa shape index (κ1) is 76.3. The number of hydrogen-bond acceptors (Lipinski definition) is 5. The Morgan fingerprint density at radius 3 is 0.812 bits per heavy atom. The largest absolute Gasteiger partial charge is 0.462 e. The minimum atomic E-state index is -0.784. The zero-order chi connectivity index (χ0) is 57.6. The zero-order valence-corrected chi connectivity index (χ0v) is 52.6. The van der Waals surface area contributed by atoms with Gasteiger partial charge in [0.15, 0.2) is 6.10 Å². The lowest BCUT2D eigenvalue weighted by atomic mass is 10.0. The van der Waals surface area contributed by atoms with Crippen molar-refractivity contribution in [2.75, 3.05) is 13.2 Å². The van der Waals surface area contributed by atoms with Crippen molar-refractivity contribution < 1.29 is 24.2 Å². The molecule has 5 heteroatoms. The van der Waals surface area contributed by atoms with E-state index in [4.69, 9.17) is 9.47 Å². The highest BCUT2D eigenvalue weighted by molar-refractivity contribution is 5.70. The van der Waals surface area contributed by atoms with Crippen LogP contribution in [-0.2, 0) is 19.1 Å². The summed E-state index contributed by atoms with van der Waals surface area (Å²) in [7, 11) is 0. The van der Waals surface area contributed by atoms with Crippen LogP contribution in [0.25, 0.3) is 0 Å². The summed E-state index contributed by atoms with van der Waals surface area (Å²) in [6, 6.07) is 0. The van der Waals surface area contributed by atoms with Gasteiger partial charge in [-0.05, 0) is 89.9 Å². The minimum Gasteiger partial charge on any atom is -0.462 e. The summed E-state index contributed by atoms with van der Waals surface area (Å²) in [5.74, 6) is -0.593. The Morgan fingerprint density at radius 2 is 0.537 bits per heavy atom. The average Bonchev–Trinajstić information content (AvgIpc) is 3.46. The number of carbonyl (C=O) groups excluding carboxylic acids is 2. The quantitative estimate of drug-likeness (QED) is 0.0373. The summed E-state index contributed by atoms with van der Waals surface area (Å²) in [6.07, 6.45) is 102. The number of unbranched alkanes of at least 4 members (excludes halogenated alkanes) is 34. The molecule has 0 saturated carbocycles. The number of aliphatic hydroxyl groups is 1. The van der Waals surface area contributed by atoms with Crippen LogP contribution in [0.1, 0.15) is 322 Å². The SMILES string of the molecule is CC/C=C\C/C=C\C/C=C\C/C=C\C/C=C\C/C=C\C/C=C\C/C=C\C/C=C\C/C=C\CCCCCCCCCCC(=O)OC(CO)COC(=O)CCCCCCCCCCCCCCCCCCCCCCCCCCCCC. The highest BCUT2D eigenvalue weighted by Gasteiger charge is 2.16. The summed E-state index contributed by atoms with van der Waals surface area (Å²) >= 11 is 0. The second-order valence-electron chi connectivity index (χ2n) is 22.5. The molecule has 80 heavy (non-hydrogen) atoms. The van der Waals surface area contributed by atoms with Gasteiger partial charge in [-0.25, -0.2) is 0 Å². The summed E-state index contributed by atoms with van der Waals surface area (Å²) < 4.78 is 10.7. The van der Waals surface area contributed by atoms with Crippen molar-refractivity contribution in [1.29, 1.82) is 0 Å². The predicted octanol–water partition coefficient (Wildman–Crippen LogP) is 23.8. The number of esters is 2. The summed E-state index contributed by atoms with van der Waals surface area (Å²) in [6.45, 7) is 4.05. The molecule has 1 unspecified atom stereocenters. The van der Waals surface area contributed by atoms with Crippen LogP contribution in [0.2, 0.25) is 0 Å². The third kappa shape index (κ3) is 66.8. The van der Waals surface area contributed by atoms with Crippen LogP contribution in [0.4, 0.5) is 0 Å². The van der Waals surface area contributed by atoms with Gasteiger partial charge in [0.1, 0.15) is 6.61 Å². The Labute approximate surface area is 496 Å². The molecule has 458 valence electrons. The topological polar surface area (TPSA) is 72.8 Å². The predicted molar refractivity (Wildman–Crippen MR) is 352 cm³/mol. The van der Waals surface area contributed by atoms with E-state index in [1.54, 1.807) is 0 Å². The lowest BCUT2D eigenvalue weighted by molar-refractivity contribution is -0.161. The molecule has 0 rings (SSSR count). The highest BCUT2D eigenvalue weighted by Crippen LogP contribution is 2.17. The van der Waals surface area contributed by atoms with E-state index in [0.717, 1.165) is 109 Å². The van der Waals surface area contributed by atoms with Crippen LogP contribution >= 0.6 is 0 Å². The molecule has 0 aliphatic heterocycles. The van der Waals surface area contributed by atoms with Gasteiger partial charge in [-0.3, -0.25) is 9.59 Å². The molecular weight excluding hydrogens is 981 g/mol. The molecule has 0 aliphatic rings. The number of carbonyl (C=O) groups is 2. The second kappa shape index (κ2) is 69.6. The van der Waals surface area contributed by atoms with Crippen LogP contribution in [0.3, 0.4) is 0 Å². The van der Waals surface area contributed by atoms with E-state index < -0.39 is 6.10 Å². The fourth-order valence-corrected chi connectivity index (χ4v) is 9.70. The fourth-order valence-electron chi connectivity index (χ4n) is 9.70. The molecule has 0 amide bonds. The smallest absolute Gasteiger partial charge is 0.306 e. The third-order valence-corrected chi connectivity index (χ3v) is 14.8. The Balaban J connectivity index is 3.54. The van der Waals surface area contributed by atoms with Crippen molar-refractivity contribution in [3.63, 3.8) is 0 Å². The molecule has 0 aliphatic carbocycles. The van der Waals surface area contributed by atoms with E-state index in [2.05, 4.69) is 135 Å². The maximum absolute atomic E-state index is 12.4. The van der Waals surface area contributed by atoms with Gasteiger partial charge in [0.05, 0.1) is 6.61 Å². The maximum Gasteiger partial charge on any atom is 0.306 e. The second-order valence-corrected chi connectivity index (χ2v) is 22.5. The van der Waals surface area contributed by atoms with E-state index in [0.29, 0.717) is 12.8 Å². The third-order valence-electron chi connectivity index (χ3n) is 14.8. The lowest BCUT2D eigenvalue weighted by Gasteiger charge is -2.15. The molecule has 0 fully saturated rings. The van der Waals surface area contributed by atoms with Gasteiger partial charge in [-0.1, -0.05) is 341 Å². The monoisotopic (exact) mass is 1110 g/mol. The number of rotatable bonds is 62. The number of ether oxygens (including phenoxy) is 2.